The van der Waals surface area contributed by atoms with Crippen molar-refractivity contribution in [1.82, 2.24) is 9.96 Å². The molecule has 252 valence electrons. The molecule has 0 aromatic heterocycles. The fraction of sp³-hybridized carbons (Fsp3) is 0.533. The van der Waals surface area contributed by atoms with E-state index in [9.17, 15) is 53.1 Å². The molecular formula is C30H30F8N2O5S. The third-order valence-electron chi connectivity index (χ3n) is 10.1. The number of sulfone groups is 1. The van der Waals surface area contributed by atoms with Crippen LogP contribution in [0.25, 0.3) is 0 Å². The zero-order chi connectivity index (χ0) is 34.1. The molecule has 7 nitrogen and oxygen atoms in total. The van der Waals surface area contributed by atoms with Crippen LogP contribution in [0, 0.1) is 16.6 Å². The van der Waals surface area contributed by atoms with Crippen LogP contribution in [0.15, 0.2) is 53.4 Å². The monoisotopic (exact) mass is 682 g/mol. The van der Waals surface area contributed by atoms with Gasteiger partial charge in [-0.05, 0) is 68.4 Å². The maximum absolute atomic E-state index is 14.8. The number of carbonyl (C=O) groups excluding carboxylic acids is 2. The Morgan fingerprint density at radius 3 is 1.85 bits per heavy atom. The summed E-state index contributed by atoms with van der Waals surface area (Å²) in [6, 6.07) is 5.51. The van der Waals surface area contributed by atoms with Crippen LogP contribution in [-0.4, -0.2) is 69.8 Å². The van der Waals surface area contributed by atoms with E-state index in [0.29, 0.717) is 37.8 Å². The summed E-state index contributed by atoms with van der Waals surface area (Å²) in [7, 11) is -1.82. The lowest BCUT2D eigenvalue weighted by molar-refractivity contribution is -0.348. The van der Waals surface area contributed by atoms with E-state index >= 15 is 0 Å². The Labute approximate surface area is 259 Å². The van der Waals surface area contributed by atoms with Crippen molar-refractivity contribution in [2.75, 3.05) is 27.2 Å². The number of halogens is 8. The largest absolute Gasteiger partial charge is 0.435 e. The summed E-state index contributed by atoms with van der Waals surface area (Å²) in [5.41, 5.74) is -9.64. The van der Waals surface area contributed by atoms with Gasteiger partial charge < -0.3 is 4.90 Å². The molecule has 1 heterocycles. The third kappa shape index (κ3) is 4.88. The molecule has 2 amide bonds. The highest BCUT2D eigenvalue weighted by atomic mass is 32.2. The van der Waals surface area contributed by atoms with Crippen LogP contribution >= 0.6 is 0 Å². The average molecular weight is 683 g/mol. The van der Waals surface area contributed by atoms with E-state index in [-0.39, 0.29) is 43.0 Å². The van der Waals surface area contributed by atoms with Gasteiger partial charge in [-0.3, -0.25) is 14.4 Å². The fourth-order valence-electron chi connectivity index (χ4n) is 7.44. The summed E-state index contributed by atoms with van der Waals surface area (Å²) in [5.74, 6) is -1.49. The van der Waals surface area contributed by atoms with Crippen molar-refractivity contribution in [2.45, 2.75) is 66.2 Å². The average Bonchev–Trinajstić information content (AvgIpc) is 3.73. The number of hydrogen-bond donors (Lipinski definition) is 0. The lowest BCUT2D eigenvalue weighted by Gasteiger charge is -2.34. The smallest absolute Gasteiger partial charge is 0.340 e. The zero-order valence-electron chi connectivity index (χ0n) is 24.6. The van der Waals surface area contributed by atoms with E-state index in [0.717, 1.165) is 29.3 Å². The number of fused-ring (bicyclic) bond motifs is 2. The number of benzene rings is 2. The summed E-state index contributed by atoms with van der Waals surface area (Å²) < 4.78 is 135. The molecule has 1 atom stereocenters. The number of hydrogen-bond acceptors (Lipinski definition) is 5. The lowest BCUT2D eigenvalue weighted by atomic mass is 9.81. The minimum absolute atomic E-state index is 0.153. The number of alkyl halides is 7. The molecule has 46 heavy (non-hydrogen) atoms. The van der Waals surface area contributed by atoms with Crippen LogP contribution in [-0.2, 0) is 34.7 Å². The van der Waals surface area contributed by atoms with E-state index < -0.39 is 72.2 Å². The van der Waals surface area contributed by atoms with Gasteiger partial charge in [0.15, 0.2) is 9.84 Å². The van der Waals surface area contributed by atoms with E-state index in [1.807, 2.05) is 0 Å². The Kier molecular flexibility index (Phi) is 8.07. The number of carbonyl (C=O) groups is 2. The van der Waals surface area contributed by atoms with Gasteiger partial charge in [0.05, 0.1) is 22.8 Å². The maximum atomic E-state index is 14.8. The summed E-state index contributed by atoms with van der Waals surface area (Å²) in [6.07, 6.45) is -11.4. The van der Waals surface area contributed by atoms with Crippen molar-refractivity contribution in [2.24, 2.45) is 10.8 Å². The summed E-state index contributed by atoms with van der Waals surface area (Å²) in [5, 5.41) is 1.09. The predicted molar refractivity (Wildman–Crippen MR) is 146 cm³/mol. The Morgan fingerprint density at radius 2 is 1.35 bits per heavy atom. The normalized spacial score (nSPS) is 26.9. The van der Waals surface area contributed by atoms with Crippen LogP contribution in [0.3, 0.4) is 0 Å². The first-order chi connectivity index (χ1) is 21.2. The summed E-state index contributed by atoms with van der Waals surface area (Å²) in [6.45, 7) is -0.690. The number of nitrogens with zero attached hydrogens (tertiary/aromatic N) is 2. The van der Waals surface area contributed by atoms with Gasteiger partial charge in [-0.2, -0.15) is 26.3 Å². The second-order valence-electron chi connectivity index (χ2n) is 12.4. The molecule has 2 aliphatic carbocycles. The fourth-order valence-corrected chi connectivity index (χ4v) is 9.51. The molecule has 3 fully saturated rings. The Morgan fingerprint density at radius 1 is 0.826 bits per heavy atom. The first-order valence-electron chi connectivity index (χ1n) is 14.3. The molecule has 0 spiro atoms. The number of likely N-dealkylation sites (tertiary alicyclic amines) is 1. The highest BCUT2D eigenvalue weighted by Crippen LogP contribution is 2.63. The zero-order valence-corrected chi connectivity index (χ0v) is 25.5. The molecular weight excluding hydrogens is 652 g/mol. The highest BCUT2D eigenvalue weighted by Gasteiger charge is 2.73. The number of hydroxylamine groups is 2. The van der Waals surface area contributed by atoms with Crippen molar-refractivity contribution in [3.8, 4) is 0 Å². The summed E-state index contributed by atoms with van der Waals surface area (Å²) >= 11 is 0. The van der Waals surface area contributed by atoms with Gasteiger partial charge in [-0.1, -0.05) is 24.3 Å². The molecule has 1 unspecified atom stereocenters. The minimum atomic E-state index is -6.38. The predicted octanol–water partition coefficient (Wildman–Crippen LogP) is 5.99. The van der Waals surface area contributed by atoms with E-state index in [4.69, 9.17) is 4.84 Å². The van der Waals surface area contributed by atoms with Crippen LogP contribution < -0.4 is 0 Å². The molecule has 1 saturated heterocycles. The van der Waals surface area contributed by atoms with Gasteiger partial charge in [0, 0.05) is 25.7 Å². The van der Waals surface area contributed by atoms with Gasteiger partial charge in [0.1, 0.15) is 10.6 Å². The molecule has 16 heteroatoms. The molecule has 0 radical (unpaired) electrons. The van der Waals surface area contributed by atoms with E-state index in [1.54, 1.807) is 0 Å². The van der Waals surface area contributed by atoms with E-state index in [2.05, 4.69) is 0 Å². The summed E-state index contributed by atoms with van der Waals surface area (Å²) in [4.78, 5) is 33.1. The molecule has 3 aliphatic rings. The van der Waals surface area contributed by atoms with Gasteiger partial charge >= 0.3 is 18.0 Å². The van der Waals surface area contributed by atoms with E-state index in [1.165, 1.54) is 19.1 Å². The van der Waals surface area contributed by atoms with Crippen LogP contribution in [0.4, 0.5) is 35.1 Å². The van der Waals surface area contributed by atoms with Crippen molar-refractivity contribution >= 4 is 21.7 Å². The second-order valence-corrected chi connectivity index (χ2v) is 14.6. The van der Waals surface area contributed by atoms with Crippen molar-refractivity contribution in [1.29, 1.82) is 0 Å². The van der Waals surface area contributed by atoms with Gasteiger partial charge in [-0.15, -0.1) is 0 Å². The Hall–Kier alpha value is -3.27. The van der Waals surface area contributed by atoms with Crippen LogP contribution in [0.5, 0.6) is 0 Å². The van der Waals surface area contributed by atoms with Gasteiger partial charge in [-0.25, -0.2) is 22.3 Å². The van der Waals surface area contributed by atoms with Gasteiger partial charge in [0.2, 0.25) is 5.91 Å². The molecule has 2 saturated carbocycles. The Bertz CT molecular complexity index is 1600. The molecule has 2 aromatic rings. The quantitative estimate of drug-likeness (QED) is 0.204. The van der Waals surface area contributed by atoms with Crippen molar-refractivity contribution < 1.29 is 58.0 Å². The topological polar surface area (TPSA) is 84.0 Å². The van der Waals surface area contributed by atoms with Crippen LogP contribution in [0.1, 0.15) is 49.7 Å². The molecule has 2 bridgehead atoms. The maximum Gasteiger partial charge on any atom is 0.435 e. The first kappa shape index (κ1) is 34.1. The SMILES string of the molecule is CON(C)C(=O)C12CCC(C(=O)N3CCC(c4ccc(C(F)(C(F)(F)F)C(F)(F)F)cc4)(S(=O)(=O)c4ccc(F)cc4)C3)(CC1)C2. The Balaban J connectivity index is 1.54. The minimum Gasteiger partial charge on any atom is -0.340 e. The molecule has 2 aromatic carbocycles. The van der Waals surface area contributed by atoms with Gasteiger partial charge in [0.25, 0.3) is 5.91 Å². The highest BCUT2D eigenvalue weighted by molar-refractivity contribution is 7.92. The van der Waals surface area contributed by atoms with Crippen LogP contribution in [0.2, 0.25) is 0 Å². The number of rotatable bonds is 7. The number of amides is 2. The lowest BCUT2D eigenvalue weighted by Crippen LogP contribution is -2.50. The van der Waals surface area contributed by atoms with Crippen molar-refractivity contribution in [3.05, 3.63) is 65.5 Å². The van der Waals surface area contributed by atoms with Crippen molar-refractivity contribution in [3.63, 3.8) is 0 Å². The third-order valence-corrected chi connectivity index (χ3v) is 12.5. The first-order valence-corrected chi connectivity index (χ1v) is 15.7. The molecule has 5 rings (SSSR count). The molecule has 0 N–H and O–H groups in total. The standard InChI is InChI=1S/C30H30F8N2O5S/c1-39(45-2)23(41)25-11-13-26(17-25,14-12-25)24(42)40-16-15-27(18-40,46(43,44)22-9-7-21(31)8-10-22)19-3-5-20(6-4-19)28(32,29(33,34)35)30(36,37)38/h3-10H,11-18H2,1-2H3. The molecule has 1 aliphatic heterocycles. The second kappa shape index (κ2) is 10.9.